The second kappa shape index (κ2) is 9.25. The van der Waals surface area contributed by atoms with Crippen molar-refractivity contribution in [3.8, 4) is 22.8 Å². The molecule has 0 atom stereocenters. The van der Waals surface area contributed by atoms with Crippen molar-refractivity contribution in [1.82, 2.24) is 34.8 Å². The van der Waals surface area contributed by atoms with Gasteiger partial charge in [-0.25, -0.2) is 4.98 Å². The maximum absolute atomic E-state index is 12.5. The molecule has 1 N–H and O–H groups in total. The molecule has 168 valence electrons. The van der Waals surface area contributed by atoms with Gasteiger partial charge in [0.05, 0.1) is 5.69 Å². The van der Waals surface area contributed by atoms with Gasteiger partial charge < -0.3 is 9.64 Å². The lowest BCUT2D eigenvalue weighted by Crippen LogP contribution is -2.48. The number of rotatable bonds is 6. The molecule has 5 rings (SSSR count). The number of carbonyl (C=O) groups excluding carboxylic acids is 1. The minimum atomic E-state index is -0.105. The molecule has 1 amide bonds. The Kier molecular flexibility index (Phi) is 5.86. The first-order chi connectivity index (χ1) is 16.2. The van der Waals surface area contributed by atoms with Gasteiger partial charge in [0.15, 0.2) is 0 Å². The van der Waals surface area contributed by atoms with E-state index in [-0.39, 0.29) is 11.7 Å². The molecule has 1 aliphatic rings. The number of ether oxygens (including phenoxy) is 1. The van der Waals surface area contributed by atoms with Crippen LogP contribution in [0.5, 0.6) is 11.5 Å². The quantitative estimate of drug-likeness (QED) is 0.493. The molecule has 0 unspecified atom stereocenters. The standard InChI is InChI=1S/C24H25N7O2/c1-29-15-19(16-30-11-13-31(14-12-30)24(32)23-25-17-26-27-23)22(28-29)18-7-9-21(10-8-18)33-20-5-3-2-4-6-20/h2-10,15,17H,11-14,16H2,1H3,(H,25,26,27). The molecule has 33 heavy (non-hydrogen) atoms. The molecule has 4 aromatic rings. The predicted molar refractivity (Wildman–Crippen MR) is 123 cm³/mol. The van der Waals surface area contributed by atoms with E-state index < -0.39 is 0 Å². The summed E-state index contributed by atoms with van der Waals surface area (Å²) in [7, 11) is 1.94. The number of hydrogen-bond donors (Lipinski definition) is 1. The number of para-hydroxylation sites is 1. The molecular formula is C24H25N7O2. The van der Waals surface area contributed by atoms with Crippen LogP contribution in [0.2, 0.25) is 0 Å². The van der Waals surface area contributed by atoms with Crippen LogP contribution in [0.3, 0.4) is 0 Å². The third-order valence-corrected chi connectivity index (χ3v) is 5.68. The summed E-state index contributed by atoms with van der Waals surface area (Å²) in [6.45, 7) is 3.66. The summed E-state index contributed by atoms with van der Waals surface area (Å²) < 4.78 is 7.76. The van der Waals surface area contributed by atoms with Crippen molar-refractivity contribution in [2.75, 3.05) is 26.2 Å². The molecule has 2 aromatic heterocycles. The fourth-order valence-corrected chi connectivity index (χ4v) is 4.01. The average Bonchev–Trinajstić information content (AvgIpc) is 3.50. The molecule has 2 aromatic carbocycles. The highest BCUT2D eigenvalue weighted by Crippen LogP contribution is 2.28. The highest BCUT2D eigenvalue weighted by molar-refractivity contribution is 5.90. The zero-order chi connectivity index (χ0) is 22.6. The summed E-state index contributed by atoms with van der Waals surface area (Å²) in [6, 6.07) is 17.8. The highest BCUT2D eigenvalue weighted by Gasteiger charge is 2.24. The maximum Gasteiger partial charge on any atom is 0.291 e. The van der Waals surface area contributed by atoms with Gasteiger partial charge in [0.1, 0.15) is 17.8 Å². The summed E-state index contributed by atoms with van der Waals surface area (Å²) >= 11 is 0. The smallest absolute Gasteiger partial charge is 0.291 e. The van der Waals surface area contributed by atoms with E-state index in [1.54, 1.807) is 0 Å². The van der Waals surface area contributed by atoms with Crippen LogP contribution >= 0.6 is 0 Å². The summed E-state index contributed by atoms with van der Waals surface area (Å²) in [5, 5.41) is 11.1. The molecule has 0 saturated carbocycles. The van der Waals surface area contributed by atoms with E-state index in [4.69, 9.17) is 9.84 Å². The van der Waals surface area contributed by atoms with Crippen molar-refractivity contribution >= 4 is 5.91 Å². The van der Waals surface area contributed by atoms with Gasteiger partial charge in [-0.2, -0.15) is 10.2 Å². The van der Waals surface area contributed by atoms with Crippen LogP contribution in [0.15, 0.2) is 67.1 Å². The average molecular weight is 444 g/mol. The lowest BCUT2D eigenvalue weighted by Gasteiger charge is -2.34. The summed E-state index contributed by atoms with van der Waals surface area (Å²) in [6.07, 6.45) is 3.42. The van der Waals surface area contributed by atoms with Gasteiger partial charge in [-0.05, 0) is 36.4 Å². The Labute approximate surface area is 191 Å². The Balaban J connectivity index is 1.24. The number of benzene rings is 2. The van der Waals surface area contributed by atoms with Crippen molar-refractivity contribution < 1.29 is 9.53 Å². The van der Waals surface area contributed by atoms with Crippen molar-refractivity contribution in [3.63, 3.8) is 0 Å². The van der Waals surface area contributed by atoms with E-state index in [1.165, 1.54) is 6.33 Å². The molecule has 1 fully saturated rings. The highest BCUT2D eigenvalue weighted by atomic mass is 16.5. The molecule has 0 aliphatic carbocycles. The van der Waals surface area contributed by atoms with Crippen LogP contribution < -0.4 is 4.74 Å². The third-order valence-electron chi connectivity index (χ3n) is 5.68. The largest absolute Gasteiger partial charge is 0.457 e. The van der Waals surface area contributed by atoms with Gasteiger partial charge in [0.2, 0.25) is 5.82 Å². The van der Waals surface area contributed by atoms with E-state index in [0.717, 1.165) is 48.0 Å². The summed E-state index contributed by atoms with van der Waals surface area (Å²) in [5.74, 6) is 1.78. The Hall–Kier alpha value is -3.98. The minimum absolute atomic E-state index is 0.105. The first-order valence-electron chi connectivity index (χ1n) is 10.9. The molecule has 0 radical (unpaired) electrons. The number of nitrogens with zero attached hydrogens (tertiary/aromatic N) is 6. The predicted octanol–water partition coefficient (Wildman–Crippen LogP) is 2.96. The maximum atomic E-state index is 12.5. The number of piperazine rings is 1. The fourth-order valence-electron chi connectivity index (χ4n) is 4.01. The van der Waals surface area contributed by atoms with Crippen molar-refractivity contribution in [3.05, 3.63) is 78.5 Å². The molecule has 0 bridgehead atoms. The molecule has 9 heteroatoms. The fraction of sp³-hybridized carbons (Fsp3) is 0.250. The van der Waals surface area contributed by atoms with E-state index in [9.17, 15) is 4.79 Å². The minimum Gasteiger partial charge on any atom is -0.457 e. The lowest BCUT2D eigenvalue weighted by molar-refractivity contribution is 0.0617. The zero-order valence-electron chi connectivity index (χ0n) is 18.4. The van der Waals surface area contributed by atoms with Gasteiger partial charge in [-0.15, -0.1) is 0 Å². The first-order valence-corrected chi connectivity index (χ1v) is 10.9. The summed E-state index contributed by atoms with van der Waals surface area (Å²) in [5.41, 5.74) is 3.17. The van der Waals surface area contributed by atoms with Crippen LogP contribution in [-0.2, 0) is 13.6 Å². The summed E-state index contributed by atoms with van der Waals surface area (Å²) in [4.78, 5) is 20.6. The van der Waals surface area contributed by atoms with E-state index >= 15 is 0 Å². The Bertz CT molecular complexity index is 1200. The molecule has 1 saturated heterocycles. The molecule has 3 heterocycles. The SMILES string of the molecule is Cn1cc(CN2CCN(C(=O)c3ncn[nH]3)CC2)c(-c2ccc(Oc3ccccc3)cc2)n1. The zero-order valence-corrected chi connectivity index (χ0v) is 18.4. The van der Waals surface area contributed by atoms with Crippen LogP contribution in [-0.4, -0.2) is 66.8 Å². The third kappa shape index (κ3) is 4.78. The van der Waals surface area contributed by atoms with E-state index in [2.05, 4.69) is 26.3 Å². The van der Waals surface area contributed by atoms with Crippen LogP contribution in [0.1, 0.15) is 16.2 Å². The van der Waals surface area contributed by atoms with Gasteiger partial charge in [0, 0.05) is 57.1 Å². The topological polar surface area (TPSA) is 92.2 Å². The number of carbonyl (C=O) groups is 1. The van der Waals surface area contributed by atoms with Gasteiger partial charge in [-0.1, -0.05) is 18.2 Å². The Morgan fingerprint density at radius 3 is 2.42 bits per heavy atom. The second-order valence-corrected chi connectivity index (χ2v) is 8.02. The van der Waals surface area contributed by atoms with Gasteiger partial charge in [0.25, 0.3) is 5.91 Å². The number of nitrogens with one attached hydrogen (secondary N) is 1. The number of aromatic nitrogens is 5. The molecule has 1 aliphatic heterocycles. The number of amides is 1. The Morgan fingerprint density at radius 2 is 1.73 bits per heavy atom. The molecule has 9 nitrogen and oxygen atoms in total. The number of hydrogen-bond acceptors (Lipinski definition) is 6. The van der Waals surface area contributed by atoms with Crippen LogP contribution in [0, 0.1) is 0 Å². The second-order valence-electron chi connectivity index (χ2n) is 8.02. The van der Waals surface area contributed by atoms with Crippen molar-refractivity contribution in [1.29, 1.82) is 0 Å². The Morgan fingerprint density at radius 1 is 1.00 bits per heavy atom. The number of aromatic amines is 1. The van der Waals surface area contributed by atoms with Gasteiger partial charge in [-0.3, -0.25) is 19.5 Å². The number of aryl methyl sites for hydroxylation is 1. The van der Waals surface area contributed by atoms with Crippen LogP contribution in [0.25, 0.3) is 11.3 Å². The first kappa shape index (κ1) is 20.9. The van der Waals surface area contributed by atoms with E-state index in [0.29, 0.717) is 13.1 Å². The number of H-pyrrole nitrogens is 1. The van der Waals surface area contributed by atoms with Crippen molar-refractivity contribution in [2.24, 2.45) is 7.05 Å². The van der Waals surface area contributed by atoms with E-state index in [1.807, 2.05) is 71.2 Å². The lowest BCUT2D eigenvalue weighted by atomic mass is 10.1. The normalized spacial score (nSPS) is 14.4. The monoisotopic (exact) mass is 443 g/mol. The molecular weight excluding hydrogens is 418 g/mol. The van der Waals surface area contributed by atoms with Crippen LogP contribution in [0.4, 0.5) is 0 Å². The molecule has 0 spiro atoms. The van der Waals surface area contributed by atoms with Gasteiger partial charge >= 0.3 is 0 Å². The van der Waals surface area contributed by atoms with Crippen molar-refractivity contribution in [2.45, 2.75) is 6.54 Å².